The van der Waals surface area contributed by atoms with Crippen molar-refractivity contribution in [1.82, 2.24) is 14.6 Å². The van der Waals surface area contributed by atoms with Gasteiger partial charge in [0.05, 0.1) is 62.8 Å². The van der Waals surface area contributed by atoms with E-state index in [4.69, 9.17) is 0 Å². The van der Waals surface area contributed by atoms with E-state index in [1.807, 2.05) is 35.7 Å². The smallest absolute Gasteiger partial charge is 0.243 e. The van der Waals surface area contributed by atoms with Gasteiger partial charge in [0, 0.05) is 23.3 Å². The molecule has 9 nitrogen and oxygen atoms in total. The second-order valence-electron chi connectivity index (χ2n) is 11.1. The van der Waals surface area contributed by atoms with Gasteiger partial charge in [-0.1, -0.05) is 36.4 Å². The molecule has 2 heterocycles. The lowest BCUT2D eigenvalue weighted by Crippen LogP contribution is -2.55. The topological polar surface area (TPSA) is 120 Å². The molecule has 11 heteroatoms. The first-order chi connectivity index (χ1) is 18.5. The van der Waals surface area contributed by atoms with Gasteiger partial charge >= 0.3 is 0 Å². The van der Waals surface area contributed by atoms with Crippen LogP contribution < -0.4 is 10.4 Å². The summed E-state index contributed by atoms with van der Waals surface area (Å²) < 4.78 is 28.9. The SMILES string of the molecule is C[N+]1(C)CCN(S(=O)(=O)c2cccc(-c3csc(CNC(=O)C4(CC(=O)[O-])Cc5ccccc5C4)n3)c2)CC1. The number of nitrogens with one attached hydrogen (secondary N) is 1. The average molecular weight is 569 g/mol. The average Bonchev–Trinajstić information content (AvgIpc) is 3.52. The second kappa shape index (κ2) is 10.5. The molecule has 206 valence electrons. The maximum absolute atomic E-state index is 13.3. The van der Waals surface area contributed by atoms with Crippen LogP contribution in [0.25, 0.3) is 11.3 Å². The highest BCUT2D eigenvalue weighted by Crippen LogP contribution is 2.40. The molecule has 2 aliphatic rings. The number of piperazine rings is 1. The minimum absolute atomic E-state index is 0.147. The molecule has 1 amide bonds. The molecule has 5 rings (SSSR count). The van der Waals surface area contributed by atoms with Gasteiger partial charge in [-0.3, -0.25) is 4.79 Å². The van der Waals surface area contributed by atoms with Crippen molar-refractivity contribution in [3.63, 3.8) is 0 Å². The van der Waals surface area contributed by atoms with Crippen molar-refractivity contribution < 1.29 is 27.6 Å². The lowest BCUT2D eigenvalue weighted by molar-refractivity contribution is -0.893. The van der Waals surface area contributed by atoms with Crippen molar-refractivity contribution in [3.05, 3.63) is 70.0 Å². The fraction of sp³-hybridized carbons (Fsp3) is 0.393. The van der Waals surface area contributed by atoms with Crippen molar-refractivity contribution in [2.75, 3.05) is 40.3 Å². The quantitative estimate of drug-likeness (QED) is 0.411. The number of hydrogen-bond acceptors (Lipinski definition) is 7. The number of carboxylic acids is 1. The highest BCUT2D eigenvalue weighted by atomic mass is 32.2. The van der Waals surface area contributed by atoms with Crippen LogP contribution in [-0.4, -0.2) is 74.3 Å². The number of aliphatic carboxylic acids is 1. The highest BCUT2D eigenvalue weighted by molar-refractivity contribution is 7.89. The molecule has 2 aromatic carbocycles. The van der Waals surface area contributed by atoms with E-state index in [-0.39, 0.29) is 23.8 Å². The van der Waals surface area contributed by atoms with E-state index >= 15 is 0 Å². The Morgan fingerprint density at radius 3 is 2.38 bits per heavy atom. The van der Waals surface area contributed by atoms with E-state index in [0.717, 1.165) is 28.7 Å². The summed E-state index contributed by atoms with van der Waals surface area (Å²) in [7, 11) is 0.582. The maximum atomic E-state index is 13.3. The summed E-state index contributed by atoms with van der Waals surface area (Å²) in [6, 6.07) is 14.4. The predicted molar refractivity (Wildman–Crippen MR) is 146 cm³/mol. The summed E-state index contributed by atoms with van der Waals surface area (Å²) >= 11 is 1.35. The largest absolute Gasteiger partial charge is 0.550 e. The molecule has 1 N–H and O–H groups in total. The number of benzene rings is 2. The number of fused-ring (bicyclic) bond motifs is 1. The molecule has 39 heavy (non-hydrogen) atoms. The van der Waals surface area contributed by atoms with Crippen LogP contribution in [0, 0.1) is 5.41 Å². The number of amides is 1. The van der Waals surface area contributed by atoms with E-state index in [1.54, 1.807) is 22.5 Å². The van der Waals surface area contributed by atoms with Crippen LogP contribution in [0.4, 0.5) is 0 Å². The van der Waals surface area contributed by atoms with Crippen molar-refractivity contribution in [2.24, 2.45) is 5.41 Å². The zero-order chi connectivity index (χ0) is 27.8. The van der Waals surface area contributed by atoms with Crippen LogP contribution in [0.1, 0.15) is 22.6 Å². The molecular weight excluding hydrogens is 536 g/mol. The number of sulfonamides is 1. The third-order valence-electron chi connectivity index (χ3n) is 7.77. The van der Waals surface area contributed by atoms with Gasteiger partial charge in [-0.05, 0) is 36.1 Å². The van der Waals surface area contributed by atoms with E-state index in [9.17, 15) is 23.1 Å². The summed E-state index contributed by atoms with van der Waals surface area (Å²) in [5.41, 5.74) is 2.17. The first kappa shape index (κ1) is 27.4. The van der Waals surface area contributed by atoms with Crippen LogP contribution in [0.15, 0.2) is 58.8 Å². The Labute approximate surface area is 232 Å². The lowest BCUT2D eigenvalue weighted by Gasteiger charge is -2.38. The van der Waals surface area contributed by atoms with Crippen LogP contribution >= 0.6 is 11.3 Å². The molecular formula is C28H32N4O5S2. The number of hydrogen-bond donors (Lipinski definition) is 1. The third-order valence-corrected chi connectivity index (χ3v) is 10.5. The van der Waals surface area contributed by atoms with Gasteiger partial charge in [-0.25, -0.2) is 13.4 Å². The Bertz CT molecular complexity index is 1480. The predicted octanol–water partition coefficient (Wildman–Crippen LogP) is 1.43. The summed E-state index contributed by atoms with van der Waals surface area (Å²) in [5.74, 6) is -1.59. The monoisotopic (exact) mass is 568 g/mol. The summed E-state index contributed by atoms with van der Waals surface area (Å²) in [6.45, 7) is 2.62. The van der Waals surface area contributed by atoms with Crippen LogP contribution in [-0.2, 0) is 39.0 Å². The minimum atomic E-state index is -3.62. The number of rotatable bonds is 8. The van der Waals surface area contributed by atoms with Crippen molar-refractivity contribution >= 4 is 33.2 Å². The van der Waals surface area contributed by atoms with Crippen LogP contribution in [0.2, 0.25) is 0 Å². The Morgan fingerprint density at radius 1 is 1.08 bits per heavy atom. The number of carbonyl (C=O) groups excluding carboxylic acids is 2. The number of carboxylic acid groups (broad SMARTS) is 1. The van der Waals surface area contributed by atoms with Crippen molar-refractivity contribution in [3.8, 4) is 11.3 Å². The van der Waals surface area contributed by atoms with Crippen LogP contribution in [0.5, 0.6) is 0 Å². The number of likely N-dealkylation sites (N-methyl/N-ethyl adjacent to an activating group) is 1. The fourth-order valence-corrected chi connectivity index (χ4v) is 7.61. The van der Waals surface area contributed by atoms with Crippen molar-refractivity contribution in [1.29, 1.82) is 0 Å². The zero-order valence-electron chi connectivity index (χ0n) is 22.1. The van der Waals surface area contributed by atoms with Gasteiger partial charge in [0.15, 0.2) is 0 Å². The molecule has 1 aliphatic carbocycles. The molecule has 0 spiro atoms. The molecule has 0 atom stereocenters. The molecule has 0 saturated carbocycles. The van der Waals surface area contributed by atoms with E-state index in [0.29, 0.717) is 42.2 Å². The maximum Gasteiger partial charge on any atom is 0.243 e. The lowest BCUT2D eigenvalue weighted by atomic mass is 9.80. The third kappa shape index (κ3) is 5.76. The molecule has 0 radical (unpaired) electrons. The minimum Gasteiger partial charge on any atom is -0.550 e. The summed E-state index contributed by atoms with van der Waals surface area (Å²) in [4.78, 5) is 29.7. The van der Waals surface area contributed by atoms with Gasteiger partial charge < -0.3 is 19.7 Å². The molecule has 0 unspecified atom stereocenters. The molecule has 1 aromatic heterocycles. The van der Waals surface area contributed by atoms with Gasteiger partial charge in [0.25, 0.3) is 0 Å². The molecule has 0 bridgehead atoms. The van der Waals surface area contributed by atoms with E-state index in [2.05, 4.69) is 24.4 Å². The molecule has 1 fully saturated rings. The Morgan fingerprint density at radius 2 is 1.74 bits per heavy atom. The number of thiazole rings is 1. The summed E-state index contributed by atoms with van der Waals surface area (Å²) in [5, 5.41) is 16.9. The molecule has 1 saturated heterocycles. The Kier molecular flexibility index (Phi) is 7.36. The Hall–Kier alpha value is -3.12. The standard InChI is InChI=1S/C28H32N4O5S2/c1-32(2)12-10-31(11-13-32)39(36,37)23-9-5-8-20(14-23)24-19-38-25(30-24)18-29-27(35)28(17-26(33)34)15-21-6-3-4-7-22(21)16-28/h3-9,14,19H,10-13,15-18H2,1-2H3,(H-,29,33,34,35). The van der Waals surface area contributed by atoms with Crippen LogP contribution in [0.3, 0.4) is 0 Å². The van der Waals surface area contributed by atoms with E-state index < -0.39 is 21.4 Å². The first-order valence-corrected chi connectivity index (χ1v) is 15.2. The Balaban J connectivity index is 1.28. The van der Waals surface area contributed by atoms with Gasteiger partial charge in [-0.2, -0.15) is 4.31 Å². The number of quaternary nitrogens is 1. The molecule has 3 aromatic rings. The summed E-state index contributed by atoms with van der Waals surface area (Å²) in [6.07, 6.45) is 0.341. The highest BCUT2D eigenvalue weighted by Gasteiger charge is 2.43. The first-order valence-electron chi connectivity index (χ1n) is 12.9. The van der Waals surface area contributed by atoms with Gasteiger partial charge in [-0.15, -0.1) is 11.3 Å². The normalized spacial score (nSPS) is 18.4. The number of carbonyl (C=O) groups is 2. The number of nitrogens with zero attached hydrogens (tertiary/aromatic N) is 3. The van der Waals surface area contributed by atoms with E-state index in [1.165, 1.54) is 11.3 Å². The second-order valence-corrected chi connectivity index (χ2v) is 14.0. The van der Waals surface area contributed by atoms with Gasteiger partial charge in [0.2, 0.25) is 15.9 Å². The number of aromatic nitrogens is 1. The molecule has 1 aliphatic heterocycles. The van der Waals surface area contributed by atoms with Crippen molar-refractivity contribution in [2.45, 2.75) is 30.7 Å². The fourth-order valence-electron chi connectivity index (χ4n) is 5.40. The zero-order valence-corrected chi connectivity index (χ0v) is 23.7. The van der Waals surface area contributed by atoms with Gasteiger partial charge in [0.1, 0.15) is 5.01 Å².